The number of thioether (sulfide) groups is 2. The van der Waals surface area contributed by atoms with Gasteiger partial charge >= 0.3 is 5.97 Å². The van der Waals surface area contributed by atoms with Gasteiger partial charge in [-0.2, -0.15) is 0 Å². The first-order valence-electron chi connectivity index (χ1n) is 8.80. The van der Waals surface area contributed by atoms with Gasteiger partial charge in [0.15, 0.2) is 5.16 Å². The van der Waals surface area contributed by atoms with E-state index in [1.807, 2.05) is 60.9 Å². The Balaban J connectivity index is 1.90. The molecule has 5 nitrogen and oxygen atoms in total. The van der Waals surface area contributed by atoms with Crippen molar-refractivity contribution < 1.29 is 9.53 Å². The molecule has 0 aliphatic rings. The molecule has 0 saturated heterocycles. The number of esters is 1. The third-order valence-corrected chi connectivity index (χ3v) is 5.87. The summed E-state index contributed by atoms with van der Waals surface area (Å²) in [6.07, 6.45) is 1.90. The van der Waals surface area contributed by atoms with Gasteiger partial charge in [0.05, 0.1) is 7.11 Å². The molecule has 0 saturated carbocycles. The van der Waals surface area contributed by atoms with E-state index in [0.717, 1.165) is 11.1 Å². The molecule has 1 N–H and O–H groups in total. The maximum Gasteiger partial charge on any atom is 0.344 e. The van der Waals surface area contributed by atoms with E-state index in [-0.39, 0.29) is 0 Å². The predicted molar refractivity (Wildman–Crippen MR) is 120 cm³/mol. The molecule has 0 atom stereocenters. The summed E-state index contributed by atoms with van der Waals surface area (Å²) in [4.78, 5) is 21.6. The van der Waals surface area contributed by atoms with Gasteiger partial charge in [0, 0.05) is 17.3 Å². The fourth-order valence-corrected chi connectivity index (χ4v) is 4.06. The second kappa shape index (κ2) is 10.5. The van der Waals surface area contributed by atoms with E-state index < -0.39 is 5.97 Å². The fourth-order valence-electron chi connectivity index (χ4n) is 2.54. The van der Waals surface area contributed by atoms with Crippen LogP contribution < -0.4 is 5.32 Å². The number of benzene rings is 2. The van der Waals surface area contributed by atoms with E-state index in [4.69, 9.17) is 16.3 Å². The smallest absolute Gasteiger partial charge is 0.344 e. The summed E-state index contributed by atoms with van der Waals surface area (Å²) < 4.78 is 5.01. The van der Waals surface area contributed by atoms with E-state index in [1.165, 1.54) is 30.6 Å². The number of carbonyl (C=O) groups is 1. The number of carbonyl (C=O) groups excluding carboxylic acids is 1. The SMILES string of the molecule is COC(=O)c1c(NCc2ccc(Cl)cc2)nc(SC)nc1SCc1ccccc1. The number of rotatable bonds is 8. The summed E-state index contributed by atoms with van der Waals surface area (Å²) >= 11 is 8.87. The Morgan fingerprint density at radius 3 is 2.45 bits per heavy atom. The lowest BCUT2D eigenvalue weighted by Gasteiger charge is -2.14. The maximum atomic E-state index is 12.5. The quantitative estimate of drug-likeness (QED) is 0.211. The van der Waals surface area contributed by atoms with Crippen molar-refractivity contribution in [1.82, 2.24) is 9.97 Å². The first-order chi connectivity index (χ1) is 14.1. The number of hydrogen-bond donors (Lipinski definition) is 1. The first-order valence-corrected chi connectivity index (χ1v) is 11.4. The number of aromatic nitrogens is 2. The number of hydrogen-bond acceptors (Lipinski definition) is 7. The molecule has 2 aromatic carbocycles. The Hall–Kier alpha value is -2.22. The zero-order valence-electron chi connectivity index (χ0n) is 16.0. The van der Waals surface area contributed by atoms with E-state index in [1.54, 1.807) is 0 Å². The lowest BCUT2D eigenvalue weighted by atomic mass is 10.2. The van der Waals surface area contributed by atoms with Crippen LogP contribution in [0.3, 0.4) is 0 Å². The number of anilines is 1. The summed E-state index contributed by atoms with van der Waals surface area (Å²) in [6.45, 7) is 0.495. The van der Waals surface area contributed by atoms with Gasteiger partial charge < -0.3 is 10.1 Å². The standard InChI is InChI=1S/C21H20ClN3O2S2/c1-27-20(26)17-18(23-12-14-8-10-16(22)11-9-14)24-21(28-2)25-19(17)29-13-15-6-4-3-5-7-15/h3-11H,12-13H2,1-2H3,(H,23,24,25). The van der Waals surface area contributed by atoms with E-state index in [9.17, 15) is 4.79 Å². The first kappa shape index (κ1) is 21.5. The van der Waals surface area contributed by atoms with Crippen LogP contribution in [0.1, 0.15) is 21.5 Å². The topological polar surface area (TPSA) is 64.1 Å². The molecular weight excluding hydrogens is 426 g/mol. The minimum atomic E-state index is -0.466. The molecule has 0 amide bonds. The Labute approximate surface area is 183 Å². The number of halogens is 1. The number of methoxy groups -OCH3 is 1. The highest BCUT2D eigenvalue weighted by atomic mass is 35.5. The normalized spacial score (nSPS) is 10.6. The lowest BCUT2D eigenvalue weighted by Crippen LogP contribution is -2.13. The number of nitrogens with one attached hydrogen (secondary N) is 1. The van der Waals surface area contributed by atoms with Crippen LogP contribution in [0.2, 0.25) is 5.02 Å². The molecule has 0 aliphatic carbocycles. The van der Waals surface area contributed by atoms with Gasteiger partial charge in [0.25, 0.3) is 0 Å². The minimum Gasteiger partial charge on any atom is -0.465 e. The van der Waals surface area contributed by atoms with Crippen LogP contribution in [-0.2, 0) is 17.0 Å². The highest BCUT2D eigenvalue weighted by molar-refractivity contribution is 7.99. The predicted octanol–water partition coefficient (Wildman–Crippen LogP) is 5.54. The average Bonchev–Trinajstić information content (AvgIpc) is 2.77. The molecule has 3 aromatic rings. The Kier molecular flexibility index (Phi) is 7.80. The molecular formula is C21H20ClN3O2S2. The molecule has 29 heavy (non-hydrogen) atoms. The highest BCUT2D eigenvalue weighted by Gasteiger charge is 2.22. The summed E-state index contributed by atoms with van der Waals surface area (Å²) in [5.74, 6) is 0.681. The zero-order chi connectivity index (χ0) is 20.6. The van der Waals surface area contributed by atoms with E-state index in [0.29, 0.717) is 38.9 Å². The van der Waals surface area contributed by atoms with Crippen molar-refractivity contribution in [3.63, 3.8) is 0 Å². The fraction of sp³-hybridized carbons (Fsp3) is 0.190. The van der Waals surface area contributed by atoms with Crippen LogP contribution in [-0.4, -0.2) is 29.3 Å². The van der Waals surface area contributed by atoms with Crippen molar-refractivity contribution in [1.29, 1.82) is 0 Å². The summed E-state index contributed by atoms with van der Waals surface area (Å²) in [7, 11) is 1.36. The molecule has 8 heteroatoms. The van der Waals surface area contributed by atoms with Crippen molar-refractivity contribution in [2.75, 3.05) is 18.7 Å². The zero-order valence-corrected chi connectivity index (χ0v) is 18.4. The molecule has 0 bridgehead atoms. The van der Waals surface area contributed by atoms with Gasteiger partial charge in [-0.15, -0.1) is 11.8 Å². The van der Waals surface area contributed by atoms with Crippen LogP contribution in [0.4, 0.5) is 5.82 Å². The average molecular weight is 446 g/mol. The Morgan fingerprint density at radius 1 is 1.07 bits per heavy atom. The monoisotopic (exact) mass is 445 g/mol. The molecule has 0 fully saturated rings. The minimum absolute atomic E-state index is 0.347. The molecule has 0 aliphatic heterocycles. The van der Waals surface area contributed by atoms with Crippen LogP contribution in [0.5, 0.6) is 0 Å². The van der Waals surface area contributed by atoms with Crippen molar-refractivity contribution in [3.8, 4) is 0 Å². The van der Waals surface area contributed by atoms with Crippen LogP contribution in [0.15, 0.2) is 64.8 Å². The Bertz CT molecular complexity index is 970. The van der Waals surface area contributed by atoms with Crippen molar-refractivity contribution in [2.45, 2.75) is 22.5 Å². The second-order valence-corrected chi connectivity index (χ2v) is 8.16. The summed E-state index contributed by atoms with van der Waals surface area (Å²) in [6, 6.07) is 17.5. The van der Waals surface area contributed by atoms with Gasteiger partial charge in [0.2, 0.25) is 0 Å². The van der Waals surface area contributed by atoms with Gasteiger partial charge in [-0.25, -0.2) is 14.8 Å². The van der Waals surface area contributed by atoms with Crippen molar-refractivity contribution in [3.05, 3.63) is 76.3 Å². The van der Waals surface area contributed by atoms with Gasteiger partial charge in [-0.3, -0.25) is 0 Å². The molecule has 0 radical (unpaired) electrons. The van der Waals surface area contributed by atoms with Crippen LogP contribution in [0.25, 0.3) is 0 Å². The largest absolute Gasteiger partial charge is 0.465 e. The van der Waals surface area contributed by atoms with Crippen molar-refractivity contribution in [2.24, 2.45) is 0 Å². The van der Waals surface area contributed by atoms with E-state index in [2.05, 4.69) is 15.3 Å². The van der Waals surface area contributed by atoms with Crippen LogP contribution >= 0.6 is 35.1 Å². The molecule has 150 valence electrons. The number of nitrogens with zero attached hydrogens (tertiary/aromatic N) is 2. The van der Waals surface area contributed by atoms with Gasteiger partial charge in [-0.05, 0) is 29.5 Å². The van der Waals surface area contributed by atoms with E-state index >= 15 is 0 Å². The van der Waals surface area contributed by atoms with Gasteiger partial charge in [0.1, 0.15) is 16.4 Å². The number of ether oxygens (including phenoxy) is 1. The van der Waals surface area contributed by atoms with Crippen molar-refractivity contribution >= 4 is 46.9 Å². The third kappa shape index (κ3) is 5.88. The summed E-state index contributed by atoms with van der Waals surface area (Å²) in [5, 5.41) is 5.12. The highest BCUT2D eigenvalue weighted by Crippen LogP contribution is 2.31. The van der Waals surface area contributed by atoms with Crippen LogP contribution in [0, 0.1) is 0 Å². The summed E-state index contributed by atoms with van der Waals surface area (Å²) in [5.41, 5.74) is 2.52. The molecule has 0 spiro atoms. The lowest BCUT2D eigenvalue weighted by molar-refractivity contribution is 0.0596. The molecule has 0 unspecified atom stereocenters. The maximum absolute atomic E-state index is 12.5. The third-order valence-electron chi connectivity index (χ3n) is 4.02. The molecule has 1 aromatic heterocycles. The molecule has 3 rings (SSSR count). The molecule has 1 heterocycles. The Morgan fingerprint density at radius 2 is 1.79 bits per heavy atom. The second-order valence-electron chi connectivity index (χ2n) is 5.98. The van der Waals surface area contributed by atoms with Gasteiger partial charge in [-0.1, -0.05) is 65.8 Å².